The Balaban J connectivity index is 1.91. The average molecular weight is 298 g/mol. The average Bonchev–Trinajstić information content (AvgIpc) is 2.51. The summed E-state index contributed by atoms with van der Waals surface area (Å²) in [5, 5.41) is 0. The summed E-state index contributed by atoms with van der Waals surface area (Å²) in [6, 6.07) is 0. The highest BCUT2D eigenvalue weighted by molar-refractivity contribution is 4.73. The van der Waals surface area contributed by atoms with Crippen LogP contribution in [0.25, 0.3) is 0 Å². The number of rotatable bonds is 12. The van der Waals surface area contributed by atoms with E-state index in [2.05, 4.69) is 23.6 Å². The van der Waals surface area contributed by atoms with E-state index in [4.69, 9.17) is 5.73 Å². The van der Waals surface area contributed by atoms with Crippen LogP contribution in [0.3, 0.4) is 0 Å². The fourth-order valence-corrected chi connectivity index (χ4v) is 3.18. The highest BCUT2D eigenvalue weighted by Gasteiger charge is 2.17. The molecule has 1 atom stereocenters. The molecule has 2 N–H and O–H groups in total. The van der Waals surface area contributed by atoms with Gasteiger partial charge in [-0.25, -0.2) is 0 Å². The smallest absolute Gasteiger partial charge is 0.0110 e. The van der Waals surface area contributed by atoms with Crippen LogP contribution in [0, 0.1) is 5.92 Å². The molecule has 0 aromatic carbocycles. The van der Waals surface area contributed by atoms with E-state index < -0.39 is 0 Å². The first-order valence-electron chi connectivity index (χ1n) is 9.41. The second-order valence-corrected chi connectivity index (χ2v) is 6.96. The molecule has 0 saturated carbocycles. The SMILES string of the molecule is CCCCCCCCCCN1CCN(CC(C)CN)CC1. The Bertz CT molecular complexity index is 225. The Hall–Kier alpha value is -0.120. The molecule has 0 aliphatic carbocycles. The molecule has 21 heavy (non-hydrogen) atoms. The van der Waals surface area contributed by atoms with E-state index in [0.717, 1.165) is 6.54 Å². The predicted octanol–water partition coefficient (Wildman–Crippen LogP) is 3.34. The predicted molar refractivity (Wildman–Crippen MR) is 93.7 cm³/mol. The van der Waals surface area contributed by atoms with Gasteiger partial charge >= 0.3 is 0 Å². The largest absolute Gasteiger partial charge is 0.330 e. The molecule has 3 heteroatoms. The van der Waals surface area contributed by atoms with Crippen molar-refractivity contribution in [1.82, 2.24) is 9.80 Å². The molecule has 0 aromatic heterocycles. The minimum absolute atomic E-state index is 0.643. The zero-order chi connectivity index (χ0) is 15.3. The van der Waals surface area contributed by atoms with Gasteiger partial charge in [-0.2, -0.15) is 0 Å². The van der Waals surface area contributed by atoms with Crippen molar-refractivity contribution in [2.24, 2.45) is 11.7 Å². The molecule has 0 radical (unpaired) electrons. The first kappa shape index (κ1) is 18.9. The van der Waals surface area contributed by atoms with Crippen LogP contribution in [0.1, 0.15) is 65.2 Å². The third kappa shape index (κ3) is 9.49. The van der Waals surface area contributed by atoms with E-state index in [1.165, 1.54) is 90.6 Å². The van der Waals surface area contributed by atoms with E-state index in [0.29, 0.717) is 5.92 Å². The van der Waals surface area contributed by atoms with Crippen LogP contribution in [0.2, 0.25) is 0 Å². The lowest BCUT2D eigenvalue weighted by Crippen LogP contribution is -2.48. The van der Waals surface area contributed by atoms with Crippen LogP contribution < -0.4 is 5.73 Å². The minimum atomic E-state index is 0.643. The van der Waals surface area contributed by atoms with Crippen LogP contribution in [-0.2, 0) is 0 Å². The fraction of sp³-hybridized carbons (Fsp3) is 1.00. The number of nitrogens with two attached hydrogens (primary N) is 1. The molecule has 1 fully saturated rings. The summed E-state index contributed by atoms with van der Waals surface area (Å²) in [6.07, 6.45) is 11.4. The van der Waals surface area contributed by atoms with Gasteiger partial charge in [0.05, 0.1) is 0 Å². The van der Waals surface area contributed by atoms with Crippen molar-refractivity contribution in [3.63, 3.8) is 0 Å². The van der Waals surface area contributed by atoms with Gasteiger partial charge in [0.2, 0.25) is 0 Å². The first-order chi connectivity index (χ1) is 10.3. The molecule has 1 unspecified atom stereocenters. The van der Waals surface area contributed by atoms with Crippen molar-refractivity contribution in [3.8, 4) is 0 Å². The summed E-state index contributed by atoms with van der Waals surface area (Å²) >= 11 is 0. The maximum absolute atomic E-state index is 5.71. The number of hydrogen-bond acceptors (Lipinski definition) is 3. The molecule has 0 aromatic rings. The summed E-state index contributed by atoms with van der Waals surface area (Å²) in [7, 11) is 0. The normalized spacial score (nSPS) is 19.0. The van der Waals surface area contributed by atoms with Crippen molar-refractivity contribution >= 4 is 0 Å². The van der Waals surface area contributed by atoms with E-state index in [9.17, 15) is 0 Å². The number of unbranched alkanes of at least 4 members (excludes halogenated alkanes) is 7. The van der Waals surface area contributed by atoms with Crippen molar-refractivity contribution in [3.05, 3.63) is 0 Å². The van der Waals surface area contributed by atoms with Gasteiger partial charge in [-0.3, -0.25) is 0 Å². The Kier molecular flexibility index (Phi) is 11.2. The Morgan fingerprint density at radius 1 is 0.810 bits per heavy atom. The minimum Gasteiger partial charge on any atom is -0.330 e. The molecule has 126 valence electrons. The number of nitrogens with zero attached hydrogens (tertiary/aromatic N) is 2. The van der Waals surface area contributed by atoms with Gasteiger partial charge in [-0.05, 0) is 25.4 Å². The number of piperazine rings is 1. The van der Waals surface area contributed by atoms with Crippen LogP contribution in [0.4, 0.5) is 0 Å². The highest BCUT2D eigenvalue weighted by atomic mass is 15.3. The summed E-state index contributed by atoms with van der Waals surface area (Å²) in [4.78, 5) is 5.24. The lowest BCUT2D eigenvalue weighted by atomic mass is 10.1. The molecule has 1 saturated heterocycles. The Morgan fingerprint density at radius 3 is 1.90 bits per heavy atom. The Labute approximate surface area is 133 Å². The summed E-state index contributed by atoms with van der Waals surface area (Å²) in [6.45, 7) is 12.9. The third-order valence-corrected chi connectivity index (χ3v) is 4.77. The van der Waals surface area contributed by atoms with Crippen LogP contribution in [-0.4, -0.2) is 55.6 Å². The monoisotopic (exact) mass is 297 g/mol. The highest BCUT2D eigenvalue weighted by Crippen LogP contribution is 2.10. The molecular weight excluding hydrogens is 258 g/mol. The molecule has 1 heterocycles. The second kappa shape index (κ2) is 12.4. The van der Waals surface area contributed by atoms with Gasteiger partial charge in [0.1, 0.15) is 0 Å². The van der Waals surface area contributed by atoms with Gasteiger partial charge < -0.3 is 15.5 Å². The second-order valence-electron chi connectivity index (χ2n) is 6.96. The topological polar surface area (TPSA) is 32.5 Å². The molecule has 1 rings (SSSR count). The Morgan fingerprint density at radius 2 is 1.33 bits per heavy atom. The van der Waals surface area contributed by atoms with Crippen molar-refractivity contribution < 1.29 is 0 Å². The molecule has 0 spiro atoms. The van der Waals surface area contributed by atoms with Crippen molar-refractivity contribution in [2.75, 3.05) is 45.8 Å². The van der Waals surface area contributed by atoms with Gasteiger partial charge in [0, 0.05) is 32.7 Å². The van der Waals surface area contributed by atoms with E-state index in [-0.39, 0.29) is 0 Å². The quantitative estimate of drug-likeness (QED) is 0.561. The van der Waals surface area contributed by atoms with Gasteiger partial charge in [-0.15, -0.1) is 0 Å². The van der Waals surface area contributed by atoms with E-state index >= 15 is 0 Å². The first-order valence-corrected chi connectivity index (χ1v) is 9.41. The number of hydrogen-bond donors (Lipinski definition) is 1. The van der Waals surface area contributed by atoms with E-state index in [1.54, 1.807) is 0 Å². The van der Waals surface area contributed by atoms with Crippen LogP contribution in [0.15, 0.2) is 0 Å². The lowest BCUT2D eigenvalue weighted by molar-refractivity contribution is 0.119. The molecular formula is C18H39N3. The zero-order valence-electron chi connectivity index (χ0n) is 14.7. The van der Waals surface area contributed by atoms with Crippen molar-refractivity contribution in [2.45, 2.75) is 65.2 Å². The van der Waals surface area contributed by atoms with Gasteiger partial charge in [-0.1, -0.05) is 58.8 Å². The summed E-state index contributed by atoms with van der Waals surface area (Å²) in [5.41, 5.74) is 5.71. The third-order valence-electron chi connectivity index (χ3n) is 4.77. The molecule has 3 nitrogen and oxygen atoms in total. The molecule has 1 aliphatic rings. The van der Waals surface area contributed by atoms with E-state index in [1.807, 2.05) is 0 Å². The standard InChI is InChI=1S/C18H39N3/c1-3-4-5-6-7-8-9-10-11-20-12-14-21(15-13-20)17-18(2)16-19/h18H,3-17,19H2,1-2H3. The maximum Gasteiger partial charge on any atom is 0.0110 e. The maximum atomic E-state index is 5.71. The van der Waals surface area contributed by atoms with Gasteiger partial charge in [0.25, 0.3) is 0 Å². The van der Waals surface area contributed by atoms with Gasteiger partial charge in [0.15, 0.2) is 0 Å². The molecule has 1 aliphatic heterocycles. The van der Waals surface area contributed by atoms with Crippen LogP contribution >= 0.6 is 0 Å². The van der Waals surface area contributed by atoms with Crippen molar-refractivity contribution in [1.29, 1.82) is 0 Å². The van der Waals surface area contributed by atoms with Crippen LogP contribution in [0.5, 0.6) is 0 Å². The lowest BCUT2D eigenvalue weighted by Gasteiger charge is -2.35. The zero-order valence-corrected chi connectivity index (χ0v) is 14.7. The fourth-order valence-electron chi connectivity index (χ4n) is 3.18. The molecule has 0 amide bonds. The summed E-state index contributed by atoms with van der Waals surface area (Å²) < 4.78 is 0. The molecule has 0 bridgehead atoms. The summed E-state index contributed by atoms with van der Waals surface area (Å²) in [5.74, 6) is 0.643.